The Morgan fingerprint density at radius 2 is 1.54 bits per heavy atom. The van der Waals surface area contributed by atoms with Crippen molar-refractivity contribution in [3.8, 4) is 5.75 Å². The number of amidine groups is 1. The van der Waals surface area contributed by atoms with Gasteiger partial charge in [-0.05, 0) is 66.8 Å². The molecule has 1 fully saturated rings. The quantitative estimate of drug-likeness (QED) is 0.286. The summed E-state index contributed by atoms with van der Waals surface area (Å²) in [4.78, 5) is 21.6. The van der Waals surface area contributed by atoms with E-state index in [-0.39, 0.29) is 17.8 Å². The lowest BCUT2D eigenvalue weighted by atomic mass is 10.0. The number of nitrogens with one attached hydrogen (secondary N) is 2. The number of nitrogen functional groups attached to an aromatic ring is 1. The molecule has 1 amide bonds. The van der Waals surface area contributed by atoms with Crippen LogP contribution in [-0.2, 0) is 4.79 Å². The first-order valence-corrected chi connectivity index (χ1v) is 10.8. The van der Waals surface area contributed by atoms with Gasteiger partial charge in [0.1, 0.15) is 11.6 Å². The number of hydrogen-bond donors (Lipinski definition) is 4. The number of alkyl halides is 3. The molecule has 0 atom stereocenters. The minimum Gasteiger partial charge on any atom is -0.490 e. The summed E-state index contributed by atoms with van der Waals surface area (Å²) < 4.78 is 37.7. The molecule has 7 nitrogen and oxygen atoms in total. The van der Waals surface area contributed by atoms with E-state index >= 15 is 0 Å². The molecule has 0 unspecified atom stereocenters. The van der Waals surface area contributed by atoms with E-state index < -0.39 is 12.1 Å². The molecule has 1 saturated carbocycles. The third-order valence-electron chi connectivity index (χ3n) is 5.35. The Kier molecular flexibility index (Phi) is 7.95. The third-order valence-corrected chi connectivity index (χ3v) is 5.35. The molecule has 0 aromatic heterocycles. The molecule has 1 aliphatic carbocycles. The van der Waals surface area contributed by atoms with E-state index in [1.807, 2.05) is 48.5 Å². The van der Waals surface area contributed by atoms with Crippen LogP contribution in [0.5, 0.6) is 5.75 Å². The topological polar surface area (TPSA) is 126 Å². The van der Waals surface area contributed by atoms with Gasteiger partial charge in [0, 0.05) is 22.9 Å². The molecule has 0 spiro atoms. The average Bonchev–Trinajstić information content (AvgIpc) is 3.31. The highest BCUT2D eigenvalue weighted by Crippen LogP contribution is 2.26. The van der Waals surface area contributed by atoms with Crippen molar-refractivity contribution >= 4 is 34.2 Å². The first-order valence-electron chi connectivity index (χ1n) is 10.8. The number of amides is 1. The lowest BCUT2D eigenvalue weighted by Gasteiger charge is -2.14. The summed E-state index contributed by atoms with van der Waals surface area (Å²) in [6, 6.07) is 18.6. The van der Waals surface area contributed by atoms with Gasteiger partial charge >= 0.3 is 12.1 Å². The molecule has 0 saturated heterocycles. The van der Waals surface area contributed by atoms with Gasteiger partial charge in [0.2, 0.25) is 0 Å². The van der Waals surface area contributed by atoms with Gasteiger partial charge in [-0.25, -0.2) is 4.79 Å². The van der Waals surface area contributed by atoms with E-state index in [0.717, 1.165) is 29.4 Å². The van der Waals surface area contributed by atoms with Crippen LogP contribution in [0.25, 0.3) is 10.8 Å². The summed E-state index contributed by atoms with van der Waals surface area (Å²) in [5.74, 6) is -2.11. The zero-order chi connectivity index (χ0) is 25.6. The van der Waals surface area contributed by atoms with Crippen molar-refractivity contribution in [2.45, 2.75) is 38.0 Å². The van der Waals surface area contributed by atoms with Crippen LogP contribution in [0.1, 0.15) is 41.6 Å². The molecule has 3 aromatic rings. The average molecular weight is 487 g/mol. The molecule has 3 aromatic carbocycles. The number of anilines is 1. The van der Waals surface area contributed by atoms with Crippen LogP contribution in [-0.4, -0.2) is 35.1 Å². The van der Waals surface area contributed by atoms with Crippen molar-refractivity contribution < 1.29 is 32.6 Å². The highest BCUT2D eigenvalue weighted by molar-refractivity contribution is 6.07. The smallest absolute Gasteiger partial charge is 0.490 e. The number of nitrogens with two attached hydrogens (primary N) is 1. The predicted octanol–water partition coefficient (Wildman–Crippen LogP) is 5.33. The van der Waals surface area contributed by atoms with Crippen LogP contribution in [0.4, 0.5) is 18.9 Å². The second kappa shape index (κ2) is 10.9. The second-order valence-corrected chi connectivity index (χ2v) is 8.00. The molecule has 184 valence electrons. The van der Waals surface area contributed by atoms with Gasteiger partial charge in [0.15, 0.2) is 0 Å². The van der Waals surface area contributed by atoms with E-state index in [1.165, 1.54) is 12.8 Å². The minimum absolute atomic E-state index is 0.0309. The molecule has 10 heteroatoms. The molecule has 35 heavy (non-hydrogen) atoms. The molecule has 0 bridgehead atoms. The van der Waals surface area contributed by atoms with Crippen molar-refractivity contribution in [2.75, 3.05) is 5.32 Å². The molecule has 0 aliphatic heterocycles. The number of halogens is 3. The number of carboxylic acids is 1. The van der Waals surface area contributed by atoms with Crippen LogP contribution >= 0.6 is 0 Å². The van der Waals surface area contributed by atoms with E-state index in [4.69, 9.17) is 25.8 Å². The molecule has 5 N–H and O–H groups in total. The molecule has 0 heterocycles. The van der Waals surface area contributed by atoms with Gasteiger partial charge in [0.25, 0.3) is 5.91 Å². The Bertz CT molecular complexity index is 1240. The summed E-state index contributed by atoms with van der Waals surface area (Å²) in [6.07, 6.45) is -0.169. The number of ether oxygens (including phenoxy) is 1. The number of rotatable bonds is 5. The van der Waals surface area contributed by atoms with Gasteiger partial charge in [-0.3, -0.25) is 10.2 Å². The van der Waals surface area contributed by atoms with Gasteiger partial charge in [-0.15, -0.1) is 0 Å². The standard InChI is InChI=1S/C23H23N3O2.C2HF3O2/c24-22(25)17-10-8-16-13-18(11-9-15(16)12-17)23(27)26-19-4-3-7-21(14-19)28-20-5-1-2-6-20;3-2(4,5)1(6)7/h3-4,7-14,20H,1-2,5-6H2,(H3,24,25)(H,26,27);(H,6,7). The number of carbonyl (C=O) groups excluding carboxylic acids is 1. The summed E-state index contributed by atoms with van der Waals surface area (Å²) in [6.45, 7) is 0. The summed E-state index contributed by atoms with van der Waals surface area (Å²) in [5, 5.41) is 19.5. The largest absolute Gasteiger partial charge is 0.490 e. The van der Waals surface area contributed by atoms with E-state index in [2.05, 4.69) is 5.32 Å². The molecular formula is C25H24F3N3O4. The van der Waals surface area contributed by atoms with Gasteiger partial charge in [0.05, 0.1) is 6.10 Å². The monoisotopic (exact) mass is 487 g/mol. The lowest BCUT2D eigenvalue weighted by Crippen LogP contribution is -2.21. The maximum atomic E-state index is 12.7. The van der Waals surface area contributed by atoms with Gasteiger partial charge < -0.3 is 20.9 Å². The van der Waals surface area contributed by atoms with Crippen molar-refractivity contribution in [2.24, 2.45) is 5.73 Å². The first-order chi connectivity index (χ1) is 16.5. The maximum Gasteiger partial charge on any atom is 0.490 e. The van der Waals surface area contributed by atoms with E-state index in [0.29, 0.717) is 16.8 Å². The highest BCUT2D eigenvalue weighted by Gasteiger charge is 2.38. The number of benzene rings is 3. The van der Waals surface area contributed by atoms with E-state index in [1.54, 1.807) is 12.1 Å². The second-order valence-electron chi connectivity index (χ2n) is 8.00. The summed E-state index contributed by atoms with van der Waals surface area (Å²) in [5.41, 5.74) is 7.50. The lowest BCUT2D eigenvalue weighted by molar-refractivity contribution is -0.192. The van der Waals surface area contributed by atoms with Crippen molar-refractivity contribution in [1.82, 2.24) is 0 Å². The molecule has 4 rings (SSSR count). The fourth-order valence-corrected chi connectivity index (χ4v) is 3.60. The Hall–Kier alpha value is -4.08. The Balaban J connectivity index is 0.000000429. The van der Waals surface area contributed by atoms with Crippen molar-refractivity contribution in [3.63, 3.8) is 0 Å². The van der Waals surface area contributed by atoms with Gasteiger partial charge in [-0.2, -0.15) is 13.2 Å². The number of carbonyl (C=O) groups is 2. The van der Waals surface area contributed by atoms with Crippen LogP contribution < -0.4 is 15.8 Å². The van der Waals surface area contributed by atoms with Gasteiger partial charge in [-0.1, -0.05) is 24.3 Å². The highest BCUT2D eigenvalue weighted by atomic mass is 19.4. The summed E-state index contributed by atoms with van der Waals surface area (Å²) >= 11 is 0. The third kappa shape index (κ3) is 7.20. The maximum absolute atomic E-state index is 12.7. The number of fused-ring (bicyclic) bond motifs is 1. The first kappa shape index (κ1) is 25.5. The van der Waals surface area contributed by atoms with Crippen LogP contribution in [0.3, 0.4) is 0 Å². The fraction of sp³-hybridized carbons (Fsp3) is 0.240. The zero-order valence-corrected chi connectivity index (χ0v) is 18.6. The Morgan fingerprint density at radius 3 is 2.11 bits per heavy atom. The van der Waals surface area contributed by atoms with E-state index in [9.17, 15) is 18.0 Å². The number of hydrogen-bond acceptors (Lipinski definition) is 4. The van der Waals surface area contributed by atoms with Crippen LogP contribution in [0.15, 0.2) is 60.7 Å². The Labute approximate surface area is 199 Å². The summed E-state index contributed by atoms with van der Waals surface area (Å²) in [7, 11) is 0. The number of carboxylic acid groups (broad SMARTS) is 1. The predicted molar refractivity (Wildman–Crippen MR) is 126 cm³/mol. The fourth-order valence-electron chi connectivity index (χ4n) is 3.60. The zero-order valence-electron chi connectivity index (χ0n) is 18.6. The van der Waals surface area contributed by atoms with Crippen molar-refractivity contribution in [1.29, 1.82) is 5.41 Å². The molecule has 0 radical (unpaired) electrons. The number of aliphatic carboxylic acids is 1. The van der Waals surface area contributed by atoms with Crippen molar-refractivity contribution in [3.05, 3.63) is 71.8 Å². The molecule has 1 aliphatic rings. The van der Waals surface area contributed by atoms with Crippen LogP contribution in [0, 0.1) is 5.41 Å². The minimum atomic E-state index is -5.08. The van der Waals surface area contributed by atoms with Crippen LogP contribution in [0.2, 0.25) is 0 Å². The SMILES string of the molecule is N=C(N)c1ccc2cc(C(=O)Nc3cccc(OC4CCCC4)c3)ccc2c1.O=C(O)C(F)(F)F. The Morgan fingerprint density at radius 1 is 0.971 bits per heavy atom. The normalized spacial score (nSPS) is 13.6. The molecular weight excluding hydrogens is 463 g/mol.